The molecule has 0 aliphatic rings. The monoisotopic (exact) mass is 222 g/mol. The third-order valence-corrected chi connectivity index (χ3v) is 2.87. The second-order valence-electron chi connectivity index (χ2n) is 3.97. The van der Waals surface area contributed by atoms with Crippen molar-refractivity contribution in [3.63, 3.8) is 0 Å². The highest BCUT2D eigenvalue weighted by Gasteiger charge is 2.06. The summed E-state index contributed by atoms with van der Waals surface area (Å²) in [7, 11) is 0. The van der Waals surface area contributed by atoms with Crippen molar-refractivity contribution in [2.24, 2.45) is 0 Å². The fraction of sp³-hybridized carbons (Fsp3) is 0.0769. The summed E-state index contributed by atoms with van der Waals surface area (Å²) in [5.41, 5.74) is 5.52. The lowest BCUT2D eigenvalue weighted by Gasteiger charge is -1.97. The summed E-state index contributed by atoms with van der Waals surface area (Å²) in [4.78, 5) is 10.5. The smallest absolute Gasteiger partial charge is 0.101 e. The van der Waals surface area contributed by atoms with Crippen LogP contribution in [0.5, 0.6) is 0 Å². The quantitative estimate of drug-likeness (QED) is 0.664. The van der Waals surface area contributed by atoms with Crippen molar-refractivity contribution in [2.45, 2.75) is 6.92 Å². The SMILES string of the molecule is Cc1[nH]c(-c2ccc3nc[nH]c3c2)cc1C#N. The number of imidazole rings is 1. The Balaban J connectivity index is 2.16. The van der Waals surface area contributed by atoms with E-state index in [1.54, 1.807) is 6.33 Å². The van der Waals surface area contributed by atoms with Crippen molar-refractivity contribution >= 4 is 11.0 Å². The molecule has 0 saturated heterocycles. The predicted molar refractivity (Wildman–Crippen MR) is 65.3 cm³/mol. The molecule has 2 heterocycles. The molecular weight excluding hydrogens is 212 g/mol. The average Bonchev–Trinajstić information content (AvgIpc) is 2.93. The molecule has 0 radical (unpaired) electrons. The summed E-state index contributed by atoms with van der Waals surface area (Å²) in [6.07, 6.45) is 1.68. The molecule has 0 aliphatic carbocycles. The van der Waals surface area contributed by atoms with Crippen molar-refractivity contribution in [3.05, 3.63) is 41.9 Å². The van der Waals surface area contributed by atoms with E-state index in [1.807, 2.05) is 31.2 Å². The van der Waals surface area contributed by atoms with E-state index in [4.69, 9.17) is 5.26 Å². The first-order valence-corrected chi connectivity index (χ1v) is 5.31. The lowest BCUT2D eigenvalue weighted by atomic mass is 10.1. The van der Waals surface area contributed by atoms with E-state index in [2.05, 4.69) is 21.0 Å². The Labute approximate surface area is 97.9 Å². The van der Waals surface area contributed by atoms with Gasteiger partial charge >= 0.3 is 0 Å². The zero-order chi connectivity index (χ0) is 11.8. The number of benzene rings is 1. The summed E-state index contributed by atoms with van der Waals surface area (Å²) >= 11 is 0. The van der Waals surface area contributed by atoms with Gasteiger partial charge in [-0.15, -0.1) is 0 Å². The van der Waals surface area contributed by atoms with Crippen LogP contribution in [0.1, 0.15) is 11.3 Å². The first-order valence-electron chi connectivity index (χ1n) is 5.31. The van der Waals surface area contributed by atoms with Crippen LogP contribution in [0.2, 0.25) is 0 Å². The topological polar surface area (TPSA) is 68.3 Å². The molecule has 2 N–H and O–H groups in total. The largest absolute Gasteiger partial charge is 0.358 e. The minimum atomic E-state index is 0.685. The van der Waals surface area contributed by atoms with Gasteiger partial charge in [-0.3, -0.25) is 0 Å². The second kappa shape index (κ2) is 3.49. The summed E-state index contributed by atoms with van der Waals surface area (Å²) in [5.74, 6) is 0. The number of hydrogen-bond donors (Lipinski definition) is 2. The minimum Gasteiger partial charge on any atom is -0.358 e. The van der Waals surface area contributed by atoms with Gasteiger partial charge in [0.25, 0.3) is 0 Å². The highest BCUT2D eigenvalue weighted by Crippen LogP contribution is 2.24. The van der Waals surface area contributed by atoms with E-state index in [9.17, 15) is 0 Å². The summed E-state index contributed by atoms with van der Waals surface area (Å²) in [5, 5.41) is 8.93. The highest BCUT2D eigenvalue weighted by atomic mass is 14.9. The number of nitriles is 1. The van der Waals surface area contributed by atoms with Crippen molar-refractivity contribution < 1.29 is 0 Å². The molecule has 0 saturated carbocycles. The first-order chi connectivity index (χ1) is 8.28. The van der Waals surface area contributed by atoms with Gasteiger partial charge in [-0.2, -0.15) is 5.26 Å². The molecule has 3 aromatic rings. The molecule has 0 unspecified atom stereocenters. The minimum absolute atomic E-state index is 0.685. The number of nitrogens with one attached hydrogen (secondary N) is 2. The molecule has 0 bridgehead atoms. The highest BCUT2D eigenvalue weighted by molar-refractivity contribution is 5.81. The zero-order valence-electron chi connectivity index (χ0n) is 9.28. The van der Waals surface area contributed by atoms with Crippen LogP contribution < -0.4 is 0 Å². The Morgan fingerprint density at radius 3 is 2.94 bits per heavy atom. The fourth-order valence-electron chi connectivity index (χ4n) is 1.93. The Bertz CT molecular complexity index is 727. The molecule has 0 fully saturated rings. The van der Waals surface area contributed by atoms with Crippen LogP contribution >= 0.6 is 0 Å². The van der Waals surface area contributed by atoms with E-state index in [0.717, 1.165) is 28.0 Å². The molecule has 4 heteroatoms. The van der Waals surface area contributed by atoms with E-state index < -0.39 is 0 Å². The van der Waals surface area contributed by atoms with E-state index >= 15 is 0 Å². The van der Waals surface area contributed by atoms with Gasteiger partial charge in [0.2, 0.25) is 0 Å². The second-order valence-corrected chi connectivity index (χ2v) is 3.97. The van der Waals surface area contributed by atoms with Crippen molar-refractivity contribution in [3.8, 4) is 17.3 Å². The maximum atomic E-state index is 8.93. The van der Waals surface area contributed by atoms with Crippen LogP contribution in [0.3, 0.4) is 0 Å². The number of aromatic nitrogens is 3. The number of aryl methyl sites for hydroxylation is 1. The van der Waals surface area contributed by atoms with Gasteiger partial charge in [-0.1, -0.05) is 6.07 Å². The molecule has 0 amide bonds. The maximum absolute atomic E-state index is 8.93. The van der Waals surface area contributed by atoms with Gasteiger partial charge in [-0.05, 0) is 25.1 Å². The predicted octanol–water partition coefficient (Wildman–Crippen LogP) is 2.74. The van der Waals surface area contributed by atoms with Gasteiger partial charge in [0.05, 0.1) is 22.9 Å². The number of rotatable bonds is 1. The van der Waals surface area contributed by atoms with Gasteiger partial charge in [0, 0.05) is 17.0 Å². The lowest BCUT2D eigenvalue weighted by molar-refractivity contribution is 1.25. The van der Waals surface area contributed by atoms with Crippen LogP contribution in [0, 0.1) is 18.3 Å². The van der Waals surface area contributed by atoms with Gasteiger partial charge in [0.15, 0.2) is 0 Å². The fourth-order valence-corrected chi connectivity index (χ4v) is 1.93. The standard InChI is InChI=1S/C13H10N4/c1-8-10(6-14)5-12(17-8)9-2-3-11-13(4-9)16-7-15-11/h2-5,7,17H,1H3,(H,15,16). The third-order valence-electron chi connectivity index (χ3n) is 2.87. The Hall–Kier alpha value is -2.54. The molecule has 82 valence electrons. The Morgan fingerprint density at radius 2 is 2.18 bits per heavy atom. The van der Waals surface area contributed by atoms with Crippen LogP contribution in [0.4, 0.5) is 0 Å². The van der Waals surface area contributed by atoms with E-state index in [0.29, 0.717) is 5.56 Å². The molecular formula is C13H10N4. The first kappa shape index (κ1) is 9.67. The molecule has 1 aromatic carbocycles. The molecule has 0 spiro atoms. The Morgan fingerprint density at radius 1 is 1.29 bits per heavy atom. The van der Waals surface area contributed by atoms with Gasteiger partial charge < -0.3 is 9.97 Å². The van der Waals surface area contributed by atoms with Gasteiger partial charge in [0.1, 0.15) is 6.07 Å². The molecule has 4 nitrogen and oxygen atoms in total. The molecule has 3 rings (SSSR count). The van der Waals surface area contributed by atoms with Crippen molar-refractivity contribution in [1.29, 1.82) is 5.26 Å². The maximum Gasteiger partial charge on any atom is 0.101 e. The molecule has 0 atom stereocenters. The number of fused-ring (bicyclic) bond motifs is 1. The summed E-state index contributed by atoms with van der Waals surface area (Å²) in [6.45, 7) is 1.90. The zero-order valence-corrected chi connectivity index (χ0v) is 9.28. The third kappa shape index (κ3) is 1.49. The number of nitrogens with zero attached hydrogens (tertiary/aromatic N) is 2. The average molecular weight is 222 g/mol. The van der Waals surface area contributed by atoms with Crippen LogP contribution in [0.25, 0.3) is 22.3 Å². The molecule has 2 aromatic heterocycles. The van der Waals surface area contributed by atoms with E-state index in [1.165, 1.54) is 0 Å². The van der Waals surface area contributed by atoms with Crippen LogP contribution in [-0.4, -0.2) is 15.0 Å². The van der Waals surface area contributed by atoms with Crippen LogP contribution in [0.15, 0.2) is 30.6 Å². The molecule has 0 aliphatic heterocycles. The normalized spacial score (nSPS) is 10.6. The summed E-state index contributed by atoms with van der Waals surface area (Å²) in [6, 6.07) is 10.0. The van der Waals surface area contributed by atoms with Gasteiger partial charge in [-0.25, -0.2) is 4.98 Å². The molecule has 17 heavy (non-hydrogen) atoms. The number of H-pyrrole nitrogens is 2. The lowest BCUT2D eigenvalue weighted by Crippen LogP contribution is -1.78. The van der Waals surface area contributed by atoms with Crippen molar-refractivity contribution in [1.82, 2.24) is 15.0 Å². The number of hydrogen-bond acceptors (Lipinski definition) is 2. The van der Waals surface area contributed by atoms with Crippen LogP contribution in [-0.2, 0) is 0 Å². The van der Waals surface area contributed by atoms with Crippen molar-refractivity contribution in [2.75, 3.05) is 0 Å². The number of aromatic amines is 2. The summed E-state index contributed by atoms with van der Waals surface area (Å²) < 4.78 is 0. The Kier molecular flexibility index (Phi) is 1.99. The van der Waals surface area contributed by atoms with E-state index in [-0.39, 0.29) is 0 Å².